The summed E-state index contributed by atoms with van der Waals surface area (Å²) in [5, 5.41) is 2.54. The number of rotatable bonds is 4. The molecule has 120 valence electrons. The number of likely N-dealkylation sites (tertiary alicyclic amines) is 1. The van der Waals surface area contributed by atoms with Crippen molar-refractivity contribution in [3.8, 4) is 0 Å². The van der Waals surface area contributed by atoms with Crippen molar-refractivity contribution in [1.82, 2.24) is 4.90 Å². The summed E-state index contributed by atoms with van der Waals surface area (Å²) in [6.45, 7) is 4.68. The van der Waals surface area contributed by atoms with Crippen LogP contribution < -0.4 is 5.32 Å². The first-order valence-corrected chi connectivity index (χ1v) is 7.48. The van der Waals surface area contributed by atoms with E-state index in [4.69, 9.17) is 4.74 Å². The second-order valence-corrected chi connectivity index (χ2v) is 5.79. The number of nitrogens with zero attached hydrogens (tertiary/aromatic N) is 1. The largest absolute Gasteiger partial charge is 0.449 e. The molecule has 22 heavy (non-hydrogen) atoms. The molecule has 1 fully saturated rings. The molecule has 1 aliphatic heterocycles. The second kappa shape index (κ2) is 7.24. The van der Waals surface area contributed by atoms with E-state index in [-0.39, 0.29) is 17.5 Å². The standard InChI is InChI=1S/C16H21FN2O3/c1-11(2)10-22-16(21)19-9-5-8-14(19)15(20)18-13-7-4-3-6-12(13)17/h3-4,6-7,11,14H,5,8-10H2,1-2H3,(H,18,20)/t14-/m0/s1. The number of hydrogen-bond donors (Lipinski definition) is 1. The third-order valence-electron chi connectivity index (χ3n) is 3.46. The zero-order valence-corrected chi connectivity index (χ0v) is 12.8. The summed E-state index contributed by atoms with van der Waals surface area (Å²) in [5.41, 5.74) is 0.120. The van der Waals surface area contributed by atoms with Crippen LogP contribution in [0.4, 0.5) is 14.9 Å². The van der Waals surface area contributed by atoms with Crippen molar-refractivity contribution in [2.24, 2.45) is 5.92 Å². The van der Waals surface area contributed by atoms with E-state index in [0.29, 0.717) is 19.6 Å². The molecule has 5 nitrogen and oxygen atoms in total. The number of hydrogen-bond acceptors (Lipinski definition) is 3. The van der Waals surface area contributed by atoms with Gasteiger partial charge in [-0.3, -0.25) is 9.69 Å². The van der Waals surface area contributed by atoms with E-state index in [1.807, 2.05) is 13.8 Å². The third-order valence-corrected chi connectivity index (χ3v) is 3.46. The molecule has 1 aliphatic rings. The van der Waals surface area contributed by atoms with Crippen LogP contribution in [0.5, 0.6) is 0 Å². The van der Waals surface area contributed by atoms with Gasteiger partial charge in [-0.25, -0.2) is 9.18 Å². The summed E-state index contributed by atoms with van der Waals surface area (Å²) in [4.78, 5) is 25.7. The van der Waals surface area contributed by atoms with Crippen LogP contribution in [-0.4, -0.2) is 36.1 Å². The first-order valence-electron chi connectivity index (χ1n) is 7.48. The number of anilines is 1. The Bertz CT molecular complexity index is 548. The molecule has 1 N–H and O–H groups in total. The highest BCUT2D eigenvalue weighted by atomic mass is 19.1. The molecule has 0 saturated carbocycles. The van der Waals surface area contributed by atoms with Gasteiger partial charge in [-0.2, -0.15) is 0 Å². The SMILES string of the molecule is CC(C)COC(=O)N1CCC[C@H]1C(=O)Nc1ccccc1F. The maximum atomic E-state index is 13.6. The van der Waals surface area contributed by atoms with Gasteiger partial charge >= 0.3 is 6.09 Å². The number of carbonyl (C=O) groups is 2. The Hall–Kier alpha value is -2.11. The molecule has 0 unspecified atom stereocenters. The van der Waals surface area contributed by atoms with Gasteiger partial charge in [0.1, 0.15) is 11.9 Å². The highest BCUT2D eigenvalue weighted by Gasteiger charge is 2.35. The monoisotopic (exact) mass is 308 g/mol. The maximum Gasteiger partial charge on any atom is 0.410 e. The number of nitrogens with one attached hydrogen (secondary N) is 1. The van der Waals surface area contributed by atoms with Gasteiger partial charge in [-0.1, -0.05) is 26.0 Å². The van der Waals surface area contributed by atoms with E-state index in [1.165, 1.54) is 17.0 Å². The molecule has 0 bridgehead atoms. The molecule has 0 aliphatic carbocycles. The molecule has 2 rings (SSSR count). The third kappa shape index (κ3) is 3.96. The number of amides is 2. The minimum Gasteiger partial charge on any atom is -0.449 e. The van der Waals surface area contributed by atoms with Crippen LogP contribution in [-0.2, 0) is 9.53 Å². The van der Waals surface area contributed by atoms with Crippen LogP contribution in [0.1, 0.15) is 26.7 Å². The van der Waals surface area contributed by atoms with E-state index in [9.17, 15) is 14.0 Å². The zero-order valence-electron chi connectivity index (χ0n) is 12.8. The molecular weight excluding hydrogens is 287 g/mol. The Morgan fingerprint density at radius 3 is 2.82 bits per heavy atom. The van der Waals surface area contributed by atoms with Gasteiger partial charge in [0, 0.05) is 6.54 Å². The second-order valence-electron chi connectivity index (χ2n) is 5.79. The highest BCUT2D eigenvalue weighted by Crippen LogP contribution is 2.21. The van der Waals surface area contributed by atoms with E-state index in [0.717, 1.165) is 6.42 Å². The molecule has 2 amide bonds. The molecule has 0 aromatic heterocycles. The Balaban J connectivity index is 1.99. The quantitative estimate of drug-likeness (QED) is 0.930. The van der Waals surface area contributed by atoms with Gasteiger partial charge in [0.15, 0.2) is 0 Å². The van der Waals surface area contributed by atoms with Gasteiger partial charge in [-0.15, -0.1) is 0 Å². The summed E-state index contributed by atoms with van der Waals surface area (Å²) in [7, 11) is 0. The Kier molecular flexibility index (Phi) is 5.35. The fourth-order valence-electron chi connectivity index (χ4n) is 2.36. The van der Waals surface area contributed by atoms with E-state index < -0.39 is 18.0 Å². The summed E-state index contributed by atoms with van der Waals surface area (Å²) in [5.74, 6) is -0.649. The molecule has 0 spiro atoms. The normalized spacial score (nSPS) is 17.6. The van der Waals surface area contributed by atoms with Gasteiger partial charge in [-0.05, 0) is 30.9 Å². The lowest BCUT2D eigenvalue weighted by Crippen LogP contribution is -2.43. The van der Waals surface area contributed by atoms with Crippen LogP contribution in [0, 0.1) is 11.7 Å². The summed E-state index contributed by atoms with van der Waals surface area (Å²) in [6.07, 6.45) is 0.795. The topological polar surface area (TPSA) is 58.6 Å². The van der Waals surface area contributed by atoms with Crippen molar-refractivity contribution in [1.29, 1.82) is 0 Å². The van der Waals surface area contributed by atoms with E-state index in [2.05, 4.69) is 5.32 Å². The predicted octanol–water partition coefficient (Wildman–Crippen LogP) is 3.02. The number of benzene rings is 1. The fourth-order valence-corrected chi connectivity index (χ4v) is 2.36. The summed E-state index contributed by atoms with van der Waals surface area (Å²) < 4.78 is 18.8. The molecule has 1 heterocycles. The Morgan fingerprint density at radius 1 is 1.41 bits per heavy atom. The smallest absolute Gasteiger partial charge is 0.410 e. The molecule has 6 heteroatoms. The van der Waals surface area contributed by atoms with Crippen LogP contribution in [0.25, 0.3) is 0 Å². The van der Waals surface area contributed by atoms with Crippen LogP contribution in [0.2, 0.25) is 0 Å². The van der Waals surface area contributed by atoms with Crippen molar-refractivity contribution in [2.45, 2.75) is 32.7 Å². The fraction of sp³-hybridized carbons (Fsp3) is 0.500. The first kappa shape index (κ1) is 16.3. The van der Waals surface area contributed by atoms with Crippen molar-refractivity contribution in [2.75, 3.05) is 18.5 Å². The summed E-state index contributed by atoms with van der Waals surface area (Å²) >= 11 is 0. The van der Waals surface area contributed by atoms with Crippen LogP contribution >= 0.6 is 0 Å². The molecular formula is C16H21FN2O3. The molecule has 1 saturated heterocycles. The number of carbonyl (C=O) groups excluding carboxylic acids is 2. The molecule has 1 aromatic rings. The molecule has 1 aromatic carbocycles. The van der Waals surface area contributed by atoms with Crippen LogP contribution in [0.15, 0.2) is 24.3 Å². The van der Waals surface area contributed by atoms with Crippen LogP contribution in [0.3, 0.4) is 0 Å². The number of para-hydroxylation sites is 1. The van der Waals surface area contributed by atoms with E-state index in [1.54, 1.807) is 12.1 Å². The Morgan fingerprint density at radius 2 is 2.14 bits per heavy atom. The summed E-state index contributed by atoms with van der Waals surface area (Å²) in [6, 6.07) is 5.35. The number of ether oxygens (including phenoxy) is 1. The minimum atomic E-state index is -0.612. The van der Waals surface area contributed by atoms with Gasteiger partial charge in [0.25, 0.3) is 0 Å². The van der Waals surface area contributed by atoms with Gasteiger partial charge in [0.2, 0.25) is 5.91 Å². The molecule has 0 radical (unpaired) electrons. The van der Waals surface area contributed by atoms with E-state index >= 15 is 0 Å². The average molecular weight is 308 g/mol. The molecule has 1 atom stereocenters. The predicted molar refractivity (Wildman–Crippen MR) is 80.9 cm³/mol. The lowest BCUT2D eigenvalue weighted by atomic mass is 10.2. The van der Waals surface area contributed by atoms with Gasteiger partial charge < -0.3 is 10.1 Å². The number of halogens is 1. The average Bonchev–Trinajstić information content (AvgIpc) is 2.96. The lowest BCUT2D eigenvalue weighted by molar-refractivity contribution is -0.120. The first-order chi connectivity index (χ1) is 10.5. The van der Waals surface area contributed by atoms with Crippen molar-refractivity contribution >= 4 is 17.7 Å². The van der Waals surface area contributed by atoms with Crippen molar-refractivity contribution in [3.63, 3.8) is 0 Å². The Labute approximate surface area is 129 Å². The highest BCUT2D eigenvalue weighted by molar-refractivity contribution is 5.96. The lowest BCUT2D eigenvalue weighted by Gasteiger charge is -2.23. The minimum absolute atomic E-state index is 0.120. The van der Waals surface area contributed by atoms with Gasteiger partial charge in [0.05, 0.1) is 12.3 Å². The maximum absolute atomic E-state index is 13.6. The van der Waals surface area contributed by atoms with Crippen molar-refractivity contribution < 1.29 is 18.7 Å². The van der Waals surface area contributed by atoms with Crippen molar-refractivity contribution in [3.05, 3.63) is 30.1 Å². The zero-order chi connectivity index (χ0) is 16.1.